The summed E-state index contributed by atoms with van der Waals surface area (Å²) in [5.41, 5.74) is -2.42. The number of amides is 1. The monoisotopic (exact) mass is 523 g/mol. The summed E-state index contributed by atoms with van der Waals surface area (Å²) in [5, 5.41) is 11.7. The number of hydrogen-bond acceptors (Lipinski definition) is 6. The van der Waals surface area contributed by atoms with Crippen LogP contribution in [0, 0.1) is 17.0 Å². The maximum atomic E-state index is 14.3. The van der Waals surface area contributed by atoms with Crippen molar-refractivity contribution >= 4 is 11.9 Å². The van der Waals surface area contributed by atoms with Crippen LogP contribution in [0.4, 0.5) is 8.78 Å². The van der Waals surface area contributed by atoms with E-state index in [4.69, 9.17) is 14.5 Å². The van der Waals surface area contributed by atoms with Gasteiger partial charge < -0.3 is 14.7 Å². The Morgan fingerprint density at radius 1 is 0.947 bits per heavy atom. The minimum atomic E-state index is -2.34. The van der Waals surface area contributed by atoms with Crippen molar-refractivity contribution < 1.29 is 38.0 Å². The van der Waals surface area contributed by atoms with Gasteiger partial charge in [-0.1, -0.05) is 54.6 Å². The van der Waals surface area contributed by atoms with Gasteiger partial charge in [0.1, 0.15) is 11.6 Å². The van der Waals surface area contributed by atoms with Crippen LogP contribution in [-0.2, 0) is 36.2 Å². The van der Waals surface area contributed by atoms with Crippen molar-refractivity contribution in [1.29, 1.82) is 0 Å². The highest BCUT2D eigenvalue weighted by molar-refractivity contribution is 6.05. The molecule has 7 nitrogen and oxygen atoms in total. The van der Waals surface area contributed by atoms with E-state index < -0.39 is 46.7 Å². The van der Waals surface area contributed by atoms with Gasteiger partial charge in [-0.15, -0.1) is 0 Å². The van der Waals surface area contributed by atoms with Crippen LogP contribution in [0.15, 0.2) is 78.9 Å². The molecule has 0 saturated carbocycles. The number of carbonyl (C=O) groups is 2. The molecular weight excluding hydrogens is 496 g/mol. The third-order valence-corrected chi connectivity index (χ3v) is 7.34. The Balaban J connectivity index is 1.67. The number of likely N-dealkylation sites (tertiary alicyclic amines) is 1. The fourth-order valence-corrected chi connectivity index (χ4v) is 5.34. The van der Waals surface area contributed by atoms with E-state index in [0.29, 0.717) is 11.1 Å². The van der Waals surface area contributed by atoms with Crippen molar-refractivity contribution in [3.8, 4) is 0 Å². The van der Waals surface area contributed by atoms with Gasteiger partial charge in [0.15, 0.2) is 5.60 Å². The molecule has 38 heavy (non-hydrogen) atoms. The van der Waals surface area contributed by atoms with Gasteiger partial charge in [-0.2, -0.15) is 4.89 Å². The predicted molar refractivity (Wildman–Crippen MR) is 131 cm³/mol. The molecule has 2 aliphatic heterocycles. The lowest BCUT2D eigenvalue weighted by Gasteiger charge is -2.55. The van der Waals surface area contributed by atoms with E-state index in [1.165, 1.54) is 53.4 Å². The number of fused-ring (bicyclic) bond motifs is 1. The minimum Gasteiger partial charge on any atom is -0.465 e. The van der Waals surface area contributed by atoms with Crippen LogP contribution in [0.5, 0.6) is 0 Å². The first-order valence-electron chi connectivity index (χ1n) is 12.4. The lowest BCUT2D eigenvalue weighted by molar-refractivity contribution is -0.509. The third-order valence-electron chi connectivity index (χ3n) is 7.34. The SMILES string of the molecule is CCOC(=O)C12CC(c3ccc(F)cc3)(c3ccc(F)cc3)OOC1(O)CCN(Cc1ccccc1)C2=O. The molecule has 0 aromatic heterocycles. The van der Waals surface area contributed by atoms with Crippen LogP contribution in [0.1, 0.15) is 36.5 Å². The summed E-state index contributed by atoms with van der Waals surface area (Å²) in [6.45, 7) is 1.83. The number of hydrogen-bond donors (Lipinski definition) is 1. The first-order valence-corrected chi connectivity index (χ1v) is 12.4. The molecular formula is C29H27F2NO6. The van der Waals surface area contributed by atoms with Crippen LogP contribution in [-0.4, -0.2) is 40.8 Å². The van der Waals surface area contributed by atoms with E-state index in [2.05, 4.69) is 0 Å². The molecule has 2 saturated heterocycles. The number of benzene rings is 3. The third kappa shape index (κ3) is 4.16. The zero-order valence-corrected chi connectivity index (χ0v) is 20.7. The van der Waals surface area contributed by atoms with Crippen LogP contribution >= 0.6 is 0 Å². The van der Waals surface area contributed by atoms with Gasteiger partial charge in [0.2, 0.25) is 17.1 Å². The van der Waals surface area contributed by atoms with Gasteiger partial charge in [0.25, 0.3) is 0 Å². The summed E-state index contributed by atoms with van der Waals surface area (Å²) in [4.78, 5) is 41.0. The van der Waals surface area contributed by atoms with Crippen molar-refractivity contribution in [2.45, 2.75) is 37.7 Å². The minimum absolute atomic E-state index is 0.0520. The Morgan fingerprint density at radius 3 is 2.08 bits per heavy atom. The van der Waals surface area contributed by atoms with Gasteiger partial charge in [0, 0.05) is 25.9 Å². The largest absolute Gasteiger partial charge is 0.465 e. The molecule has 2 aliphatic rings. The first kappa shape index (κ1) is 26.0. The molecule has 0 radical (unpaired) electrons. The molecule has 0 spiro atoms. The normalized spacial score (nSPS) is 24.5. The smallest absolute Gasteiger partial charge is 0.327 e. The topological polar surface area (TPSA) is 85.3 Å². The highest BCUT2D eigenvalue weighted by atomic mass is 19.1. The zero-order valence-electron chi connectivity index (χ0n) is 20.7. The van der Waals surface area contributed by atoms with Crippen LogP contribution in [0.3, 0.4) is 0 Å². The Labute approximate surface area is 218 Å². The second-order valence-corrected chi connectivity index (χ2v) is 9.56. The number of nitrogens with zero attached hydrogens (tertiary/aromatic N) is 1. The summed E-state index contributed by atoms with van der Waals surface area (Å²) < 4.78 is 33.2. The van der Waals surface area contributed by atoms with Gasteiger partial charge in [-0.05, 0) is 47.9 Å². The number of aliphatic hydroxyl groups is 1. The number of carbonyl (C=O) groups excluding carboxylic acids is 2. The standard InChI is InChI=1S/C29H27F2NO6/c1-2-36-26(34)27-19-28(21-8-12-23(30)13-9-21,22-10-14-24(31)15-11-22)37-38-29(27,35)16-17-32(25(27)33)18-20-6-4-3-5-7-20/h3-15,35H,2,16-19H2,1H3. The summed E-state index contributed by atoms with van der Waals surface area (Å²) >= 11 is 0. The quantitative estimate of drug-likeness (QED) is 0.296. The molecule has 0 aliphatic carbocycles. The van der Waals surface area contributed by atoms with Gasteiger partial charge >= 0.3 is 5.97 Å². The Morgan fingerprint density at radius 2 is 1.53 bits per heavy atom. The van der Waals surface area contributed by atoms with E-state index in [1.807, 2.05) is 30.3 Å². The second-order valence-electron chi connectivity index (χ2n) is 9.56. The highest BCUT2D eigenvalue weighted by Crippen LogP contribution is 2.57. The van der Waals surface area contributed by atoms with Gasteiger partial charge in [-0.25, -0.2) is 13.7 Å². The second kappa shape index (κ2) is 9.90. The Kier molecular flexibility index (Phi) is 6.77. The average Bonchev–Trinajstić information content (AvgIpc) is 2.92. The van der Waals surface area contributed by atoms with Crippen molar-refractivity contribution in [1.82, 2.24) is 4.90 Å². The van der Waals surface area contributed by atoms with Crippen LogP contribution in [0.25, 0.3) is 0 Å². The molecule has 5 rings (SSSR count). The summed E-state index contributed by atoms with van der Waals surface area (Å²) in [5.74, 6) is -5.03. The molecule has 3 aromatic rings. The number of halogens is 2. The number of rotatable bonds is 6. The first-order chi connectivity index (χ1) is 18.2. The van der Waals surface area contributed by atoms with E-state index in [-0.39, 0.29) is 26.1 Å². The van der Waals surface area contributed by atoms with E-state index in [9.17, 15) is 23.5 Å². The number of piperidine rings is 1. The van der Waals surface area contributed by atoms with E-state index in [0.717, 1.165) is 5.56 Å². The molecule has 2 atom stereocenters. The van der Waals surface area contributed by atoms with Crippen LogP contribution in [0.2, 0.25) is 0 Å². The Bertz CT molecular complexity index is 1270. The molecule has 1 amide bonds. The molecule has 3 aromatic carbocycles. The van der Waals surface area contributed by atoms with E-state index in [1.54, 1.807) is 6.92 Å². The fourth-order valence-electron chi connectivity index (χ4n) is 5.34. The molecule has 2 unspecified atom stereocenters. The van der Waals surface area contributed by atoms with Crippen molar-refractivity contribution in [3.05, 3.63) is 107 Å². The van der Waals surface area contributed by atoms with Crippen molar-refractivity contribution in [2.75, 3.05) is 13.2 Å². The molecule has 2 fully saturated rings. The molecule has 9 heteroatoms. The van der Waals surface area contributed by atoms with Gasteiger partial charge in [0.05, 0.1) is 6.61 Å². The summed E-state index contributed by atoms with van der Waals surface area (Å²) in [6, 6.07) is 19.8. The molecule has 0 bridgehead atoms. The molecule has 2 heterocycles. The lowest BCUT2D eigenvalue weighted by Crippen LogP contribution is -2.72. The van der Waals surface area contributed by atoms with Crippen molar-refractivity contribution in [3.63, 3.8) is 0 Å². The maximum absolute atomic E-state index is 14.3. The molecule has 198 valence electrons. The Hall–Kier alpha value is -3.66. The lowest BCUT2D eigenvalue weighted by atomic mass is 9.63. The zero-order chi connectivity index (χ0) is 27.0. The van der Waals surface area contributed by atoms with E-state index >= 15 is 0 Å². The summed E-state index contributed by atoms with van der Waals surface area (Å²) in [7, 11) is 0. The van der Waals surface area contributed by atoms with Gasteiger partial charge in [-0.3, -0.25) is 9.59 Å². The van der Waals surface area contributed by atoms with Crippen LogP contribution < -0.4 is 0 Å². The van der Waals surface area contributed by atoms with Crippen molar-refractivity contribution in [2.24, 2.45) is 5.41 Å². The fraction of sp³-hybridized carbons (Fsp3) is 0.310. The average molecular weight is 524 g/mol. The number of esters is 1. The summed E-state index contributed by atoms with van der Waals surface area (Å²) in [6.07, 6.45) is -0.565. The highest BCUT2D eigenvalue weighted by Gasteiger charge is 2.73. The predicted octanol–water partition coefficient (Wildman–Crippen LogP) is 4.23. The molecule has 1 N–H and O–H groups in total. The number of ether oxygens (including phenoxy) is 1. The maximum Gasteiger partial charge on any atom is 0.327 e.